The van der Waals surface area contributed by atoms with E-state index in [1.165, 1.54) is 24.3 Å². The van der Waals surface area contributed by atoms with E-state index in [1.807, 2.05) is 0 Å². The molecule has 8 heteroatoms. The van der Waals surface area contributed by atoms with Gasteiger partial charge in [-0.05, 0) is 54.6 Å². The third kappa shape index (κ3) is 3.34. The van der Waals surface area contributed by atoms with E-state index in [1.54, 1.807) is 48.5 Å². The van der Waals surface area contributed by atoms with Crippen molar-refractivity contribution in [2.45, 2.75) is 6.04 Å². The molecule has 2 aromatic carbocycles. The fourth-order valence-corrected chi connectivity index (χ4v) is 3.72. The third-order valence-electron chi connectivity index (χ3n) is 4.78. The van der Waals surface area contributed by atoms with Crippen LogP contribution >= 0.6 is 23.2 Å². The van der Waals surface area contributed by atoms with Gasteiger partial charge in [0.1, 0.15) is 23.3 Å². The van der Waals surface area contributed by atoms with Crippen LogP contribution in [0.5, 0.6) is 5.75 Å². The van der Waals surface area contributed by atoms with Gasteiger partial charge in [-0.25, -0.2) is 0 Å². The third-order valence-corrected chi connectivity index (χ3v) is 5.27. The van der Waals surface area contributed by atoms with Gasteiger partial charge in [0.2, 0.25) is 0 Å². The number of hydrogen-bond acceptors (Lipinski definition) is 5. The van der Waals surface area contributed by atoms with Crippen LogP contribution in [0.4, 0.5) is 5.69 Å². The van der Waals surface area contributed by atoms with Crippen molar-refractivity contribution in [2.75, 3.05) is 12.0 Å². The number of Topliss-reactive ketones (excluding diaryl/α,β-unsaturated/α-hetero) is 1. The van der Waals surface area contributed by atoms with E-state index in [4.69, 9.17) is 32.4 Å². The number of nitrogens with zero attached hydrogens (tertiary/aromatic N) is 1. The largest absolute Gasteiger partial charge is 0.507 e. The summed E-state index contributed by atoms with van der Waals surface area (Å²) in [6.07, 6.45) is 1.43. The fourth-order valence-electron chi connectivity index (χ4n) is 3.43. The van der Waals surface area contributed by atoms with Crippen LogP contribution in [0.2, 0.25) is 10.0 Å². The second-order valence-electron chi connectivity index (χ2n) is 6.51. The Labute approximate surface area is 181 Å². The number of methoxy groups -OCH3 is 1. The van der Waals surface area contributed by atoms with Crippen molar-refractivity contribution in [3.8, 4) is 5.75 Å². The van der Waals surface area contributed by atoms with E-state index in [-0.39, 0.29) is 11.1 Å². The molecule has 0 radical (unpaired) electrons. The lowest BCUT2D eigenvalue weighted by atomic mass is 9.98. The molecule has 30 heavy (non-hydrogen) atoms. The molecule has 0 bridgehead atoms. The van der Waals surface area contributed by atoms with Crippen LogP contribution < -0.4 is 9.64 Å². The summed E-state index contributed by atoms with van der Waals surface area (Å²) in [4.78, 5) is 27.2. The smallest absolute Gasteiger partial charge is 0.300 e. The summed E-state index contributed by atoms with van der Waals surface area (Å²) in [5.41, 5.74) is 0.487. The summed E-state index contributed by atoms with van der Waals surface area (Å²) in [5, 5.41) is 11.9. The van der Waals surface area contributed by atoms with E-state index in [9.17, 15) is 14.7 Å². The highest BCUT2D eigenvalue weighted by molar-refractivity contribution is 6.51. The minimum Gasteiger partial charge on any atom is -0.507 e. The van der Waals surface area contributed by atoms with Gasteiger partial charge in [-0.3, -0.25) is 14.5 Å². The quantitative estimate of drug-likeness (QED) is 0.339. The van der Waals surface area contributed by atoms with Gasteiger partial charge < -0.3 is 14.3 Å². The van der Waals surface area contributed by atoms with E-state index >= 15 is 0 Å². The molecule has 1 aliphatic rings. The summed E-state index contributed by atoms with van der Waals surface area (Å²) in [6, 6.07) is 13.3. The van der Waals surface area contributed by atoms with Crippen LogP contribution in [0, 0.1) is 0 Å². The predicted octanol–water partition coefficient (Wildman–Crippen LogP) is 5.22. The molecular formula is C22H15Cl2NO5. The number of amides is 1. The number of benzene rings is 2. The van der Waals surface area contributed by atoms with Crippen LogP contribution in [-0.4, -0.2) is 23.9 Å². The number of aliphatic hydroxyl groups is 1. The number of aliphatic hydroxyl groups excluding tert-OH is 1. The molecule has 1 amide bonds. The highest BCUT2D eigenvalue weighted by atomic mass is 35.5. The van der Waals surface area contributed by atoms with Gasteiger partial charge in [-0.1, -0.05) is 23.2 Å². The molecule has 0 aliphatic carbocycles. The molecule has 1 atom stereocenters. The Balaban J connectivity index is 1.95. The first-order valence-electron chi connectivity index (χ1n) is 8.86. The average Bonchev–Trinajstić information content (AvgIpc) is 3.35. The Morgan fingerprint density at radius 2 is 1.77 bits per heavy atom. The van der Waals surface area contributed by atoms with Gasteiger partial charge in [0.05, 0.1) is 24.5 Å². The maximum Gasteiger partial charge on any atom is 0.300 e. The molecule has 0 saturated carbocycles. The van der Waals surface area contributed by atoms with Crippen LogP contribution in [0.1, 0.15) is 17.4 Å². The van der Waals surface area contributed by atoms with Gasteiger partial charge >= 0.3 is 0 Å². The Hall–Kier alpha value is -3.22. The Bertz CT molecular complexity index is 1150. The van der Waals surface area contributed by atoms with E-state index in [0.29, 0.717) is 27.2 Å². The van der Waals surface area contributed by atoms with Gasteiger partial charge in [0.15, 0.2) is 0 Å². The minimum absolute atomic E-state index is 0.134. The summed E-state index contributed by atoms with van der Waals surface area (Å²) in [6.45, 7) is 0. The molecule has 3 aromatic rings. The number of furan rings is 1. The van der Waals surface area contributed by atoms with Gasteiger partial charge in [0, 0.05) is 15.7 Å². The number of carbonyl (C=O) groups is 2. The normalized spacial score (nSPS) is 18.1. The molecule has 0 spiro atoms. The molecule has 1 aliphatic heterocycles. The zero-order valence-corrected chi connectivity index (χ0v) is 17.1. The van der Waals surface area contributed by atoms with Crippen molar-refractivity contribution in [3.63, 3.8) is 0 Å². The second-order valence-corrected chi connectivity index (χ2v) is 7.38. The molecule has 1 N–H and O–H groups in total. The predicted molar refractivity (Wildman–Crippen MR) is 113 cm³/mol. The van der Waals surface area contributed by atoms with Crippen LogP contribution in [-0.2, 0) is 9.59 Å². The molecule has 152 valence electrons. The molecule has 1 unspecified atom stereocenters. The monoisotopic (exact) mass is 443 g/mol. The molecular weight excluding hydrogens is 429 g/mol. The first-order valence-corrected chi connectivity index (χ1v) is 9.62. The lowest BCUT2D eigenvalue weighted by molar-refractivity contribution is -0.132. The van der Waals surface area contributed by atoms with Gasteiger partial charge in [-0.15, -0.1) is 0 Å². The zero-order valence-electron chi connectivity index (χ0n) is 15.6. The zero-order chi connectivity index (χ0) is 21.4. The number of halogens is 2. The van der Waals surface area contributed by atoms with Crippen LogP contribution in [0.15, 0.2) is 70.9 Å². The minimum atomic E-state index is -0.982. The average molecular weight is 444 g/mol. The van der Waals surface area contributed by atoms with E-state index in [2.05, 4.69) is 0 Å². The summed E-state index contributed by atoms with van der Waals surface area (Å²) in [5.74, 6) is -1.46. The van der Waals surface area contributed by atoms with Crippen molar-refractivity contribution in [1.82, 2.24) is 0 Å². The SMILES string of the molecule is COc1ccc(Cl)cc1/C(O)=C1/C(=O)C(=O)N(c2ccc(Cl)cc2)C1c1ccco1. The Morgan fingerprint density at radius 3 is 2.40 bits per heavy atom. The summed E-state index contributed by atoms with van der Waals surface area (Å²) in [7, 11) is 1.43. The lowest BCUT2D eigenvalue weighted by Gasteiger charge is -2.23. The number of carbonyl (C=O) groups excluding carboxylic acids is 2. The number of rotatable bonds is 4. The summed E-state index contributed by atoms with van der Waals surface area (Å²) >= 11 is 12.0. The van der Waals surface area contributed by atoms with Crippen LogP contribution in [0.3, 0.4) is 0 Å². The molecule has 2 heterocycles. The number of hydrogen-bond donors (Lipinski definition) is 1. The van der Waals surface area contributed by atoms with Crippen LogP contribution in [0.25, 0.3) is 5.76 Å². The highest BCUT2D eigenvalue weighted by Crippen LogP contribution is 2.43. The molecule has 4 rings (SSSR count). The van der Waals surface area contributed by atoms with Crippen molar-refractivity contribution in [3.05, 3.63) is 87.8 Å². The van der Waals surface area contributed by atoms with Crippen molar-refractivity contribution in [2.24, 2.45) is 0 Å². The van der Waals surface area contributed by atoms with Crippen molar-refractivity contribution < 1.29 is 23.8 Å². The molecule has 1 fully saturated rings. The summed E-state index contributed by atoms with van der Waals surface area (Å²) < 4.78 is 10.8. The lowest BCUT2D eigenvalue weighted by Crippen LogP contribution is -2.29. The maximum atomic E-state index is 13.0. The standard InChI is InChI=1S/C22H15Cl2NO5/c1-29-16-9-6-13(24)11-15(16)20(26)18-19(17-3-2-10-30-17)25(22(28)21(18)27)14-7-4-12(23)5-8-14/h2-11,19,26H,1H3/b20-18-. The Morgan fingerprint density at radius 1 is 1.07 bits per heavy atom. The Kier molecular flexibility index (Phi) is 5.28. The topological polar surface area (TPSA) is 80.0 Å². The van der Waals surface area contributed by atoms with E-state index < -0.39 is 23.5 Å². The molecule has 1 aromatic heterocycles. The number of ketones is 1. The number of ether oxygens (including phenoxy) is 1. The van der Waals surface area contributed by atoms with Gasteiger partial charge in [0.25, 0.3) is 11.7 Å². The van der Waals surface area contributed by atoms with Crippen molar-refractivity contribution in [1.29, 1.82) is 0 Å². The van der Waals surface area contributed by atoms with Gasteiger partial charge in [-0.2, -0.15) is 0 Å². The first kappa shape index (κ1) is 20.1. The van der Waals surface area contributed by atoms with E-state index in [0.717, 1.165) is 0 Å². The van der Waals surface area contributed by atoms with Crippen molar-refractivity contribution >= 4 is 46.3 Å². The second kappa shape index (κ2) is 7.89. The highest BCUT2D eigenvalue weighted by Gasteiger charge is 2.48. The maximum absolute atomic E-state index is 13.0. The molecule has 1 saturated heterocycles. The number of anilines is 1. The fraction of sp³-hybridized carbons (Fsp3) is 0.0909. The molecule has 6 nitrogen and oxygen atoms in total. The first-order chi connectivity index (χ1) is 14.4.